The van der Waals surface area contributed by atoms with E-state index >= 15 is 0 Å². The van der Waals surface area contributed by atoms with Crippen LogP contribution in [0.1, 0.15) is 33.6 Å². The maximum atomic E-state index is 4.86. The van der Waals surface area contributed by atoms with E-state index in [2.05, 4.69) is 57.9 Å². The highest BCUT2D eigenvalue weighted by Crippen LogP contribution is 2.12. The van der Waals surface area contributed by atoms with Gasteiger partial charge in [-0.3, -0.25) is 4.99 Å². The highest BCUT2D eigenvalue weighted by atomic mass is 15.4. The van der Waals surface area contributed by atoms with Gasteiger partial charge in [0.15, 0.2) is 5.96 Å². The minimum absolute atomic E-state index is 0.907. The standard InChI is InChI=1S/C20H36N6/c1-4-21-20(23-13-9-10-14-24(5-2)6-3)26-17-15-25(16-18-26)19-11-7-8-12-22-19/h7-8,11-12H,4-6,9-10,13-18H2,1-3H3,(H,21,23). The van der Waals surface area contributed by atoms with Crippen molar-refractivity contribution in [1.82, 2.24) is 20.1 Å². The molecule has 0 spiro atoms. The number of pyridine rings is 1. The smallest absolute Gasteiger partial charge is 0.194 e. The monoisotopic (exact) mass is 360 g/mol. The van der Waals surface area contributed by atoms with Crippen molar-refractivity contribution in [3.8, 4) is 0 Å². The van der Waals surface area contributed by atoms with Gasteiger partial charge in [0, 0.05) is 45.5 Å². The van der Waals surface area contributed by atoms with E-state index in [0.29, 0.717) is 0 Å². The first-order chi connectivity index (χ1) is 12.8. The number of nitrogens with one attached hydrogen (secondary N) is 1. The topological polar surface area (TPSA) is 47.0 Å². The van der Waals surface area contributed by atoms with Crippen LogP contribution in [0.15, 0.2) is 29.4 Å². The van der Waals surface area contributed by atoms with Crippen LogP contribution in [0.25, 0.3) is 0 Å². The first-order valence-corrected chi connectivity index (χ1v) is 10.2. The summed E-state index contributed by atoms with van der Waals surface area (Å²) in [6.07, 6.45) is 4.24. The van der Waals surface area contributed by atoms with Gasteiger partial charge in [0.1, 0.15) is 5.82 Å². The SMILES string of the molecule is CCNC(=NCCCCN(CC)CC)N1CCN(c2ccccn2)CC1. The second kappa shape index (κ2) is 11.7. The van der Waals surface area contributed by atoms with Gasteiger partial charge in [0.2, 0.25) is 0 Å². The molecule has 1 N–H and O–H groups in total. The molecule has 1 aromatic heterocycles. The van der Waals surface area contributed by atoms with Gasteiger partial charge in [0.05, 0.1) is 0 Å². The van der Waals surface area contributed by atoms with Crippen molar-refractivity contribution < 1.29 is 0 Å². The maximum Gasteiger partial charge on any atom is 0.194 e. The molecule has 6 heteroatoms. The van der Waals surface area contributed by atoms with E-state index in [-0.39, 0.29) is 0 Å². The maximum absolute atomic E-state index is 4.86. The number of anilines is 1. The van der Waals surface area contributed by atoms with Crippen LogP contribution in [0.2, 0.25) is 0 Å². The van der Waals surface area contributed by atoms with E-state index < -0.39 is 0 Å². The Morgan fingerprint density at radius 3 is 2.50 bits per heavy atom. The lowest BCUT2D eigenvalue weighted by Gasteiger charge is -2.37. The highest BCUT2D eigenvalue weighted by Gasteiger charge is 2.20. The molecular weight excluding hydrogens is 324 g/mol. The number of hydrogen-bond donors (Lipinski definition) is 1. The molecule has 0 unspecified atom stereocenters. The molecule has 1 aliphatic heterocycles. The lowest BCUT2D eigenvalue weighted by atomic mass is 10.3. The molecule has 26 heavy (non-hydrogen) atoms. The van der Waals surface area contributed by atoms with Gasteiger partial charge in [-0.1, -0.05) is 19.9 Å². The van der Waals surface area contributed by atoms with Crippen LogP contribution in [0.4, 0.5) is 5.82 Å². The Kier molecular flexibility index (Phi) is 9.24. The lowest BCUT2D eigenvalue weighted by Crippen LogP contribution is -2.52. The first-order valence-electron chi connectivity index (χ1n) is 10.2. The first kappa shape index (κ1) is 20.5. The van der Waals surface area contributed by atoms with E-state index in [1.54, 1.807) is 0 Å². The van der Waals surface area contributed by atoms with Gasteiger partial charge in [-0.05, 0) is 51.5 Å². The number of hydrogen-bond acceptors (Lipinski definition) is 4. The molecule has 1 saturated heterocycles. The zero-order valence-electron chi connectivity index (χ0n) is 16.8. The molecule has 2 rings (SSSR count). The Morgan fingerprint density at radius 1 is 1.12 bits per heavy atom. The molecule has 0 atom stereocenters. The molecule has 0 amide bonds. The van der Waals surface area contributed by atoms with E-state index in [1.807, 2.05) is 12.3 Å². The minimum atomic E-state index is 0.907. The average molecular weight is 361 g/mol. The van der Waals surface area contributed by atoms with Crippen LogP contribution < -0.4 is 10.2 Å². The number of guanidine groups is 1. The molecular formula is C20H36N6. The van der Waals surface area contributed by atoms with Crippen molar-refractivity contribution in [1.29, 1.82) is 0 Å². The molecule has 2 heterocycles. The van der Waals surface area contributed by atoms with Crippen molar-refractivity contribution in [3.05, 3.63) is 24.4 Å². The van der Waals surface area contributed by atoms with Crippen LogP contribution in [-0.2, 0) is 0 Å². The Hall–Kier alpha value is -1.82. The molecule has 0 radical (unpaired) electrons. The second-order valence-electron chi connectivity index (χ2n) is 6.63. The molecule has 0 aliphatic carbocycles. The molecule has 0 aromatic carbocycles. The van der Waals surface area contributed by atoms with E-state index in [1.165, 1.54) is 13.0 Å². The van der Waals surface area contributed by atoms with Gasteiger partial charge >= 0.3 is 0 Å². The molecule has 1 fully saturated rings. The molecule has 1 aliphatic rings. The zero-order valence-corrected chi connectivity index (χ0v) is 16.8. The number of aromatic nitrogens is 1. The third kappa shape index (κ3) is 6.48. The molecule has 0 bridgehead atoms. The van der Waals surface area contributed by atoms with Crippen molar-refractivity contribution in [3.63, 3.8) is 0 Å². The summed E-state index contributed by atoms with van der Waals surface area (Å²) in [5.41, 5.74) is 0. The quantitative estimate of drug-likeness (QED) is 0.416. The van der Waals surface area contributed by atoms with E-state index in [9.17, 15) is 0 Å². The van der Waals surface area contributed by atoms with Crippen LogP contribution >= 0.6 is 0 Å². The van der Waals surface area contributed by atoms with Crippen LogP contribution in [0, 0.1) is 0 Å². The minimum Gasteiger partial charge on any atom is -0.357 e. The van der Waals surface area contributed by atoms with Crippen LogP contribution in [0.3, 0.4) is 0 Å². The normalized spacial score (nSPS) is 15.6. The summed E-state index contributed by atoms with van der Waals surface area (Å²) in [6.45, 7) is 15.8. The molecule has 0 saturated carbocycles. The largest absolute Gasteiger partial charge is 0.357 e. The summed E-state index contributed by atoms with van der Waals surface area (Å²) < 4.78 is 0. The summed E-state index contributed by atoms with van der Waals surface area (Å²) in [6, 6.07) is 6.11. The third-order valence-electron chi connectivity index (χ3n) is 4.93. The Bertz CT molecular complexity index is 506. The van der Waals surface area contributed by atoms with E-state index in [4.69, 9.17) is 4.99 Å². The van der Waals surface area contributed by atoms with Gasteiger partial charge in [-0.25, -0.2) is 4.98 Å². The van der Waals surface area contributed by atoms with Crippen molar-refractivity contribution in [2.24, 2.45) is 4.99 Å². The predicted octanol–water partition coefficient (Wildman–Crippen LogP) is 2.29. The summed E-state index contributed by atoms with van der Waals surface area (Å²) >= 11 is 0. The number of unbranched alkanes of at least 4 members (excludes halogenated alkanes) is 1. The van der Waals surface area contributed by atoms with E-state index in [0.717, 1.165) is 70.6 Å². The Balaban J connectivity index is 1.78. The summed E-state index contributed by atoms with van der Waals surface area (Å²) in [5.74, 6) is 2.14. The fourth-order valence-electron chi connectivity index (χ4n) is 3.29. The number of piperazine rings is 1. The van der Waals surface area contributed by atoms with Crippen LogP contribution in [0.5, 0.6) is 0 Å². The predicted molar refractivity (Wildman–Crippen MR) is 111 cm³/mol. The zero-order chi connectivity index (χ0) is 18.6. The molecule has 1 aromatic rings. The summed E-state index contributed by atoms with van der Waals surface area (Å²) in [4.78, 5) is 16.5. The Labute approximate surface area is 159 Å². The number of rotatable bonds is 9. The number of nitrogens with zero attached hydrogens (tertiary/aromatic N) is 5. The third-order valence-corrected chi connectivity index (χ3v) is 4.93. The molecule has 146 valence electrons. The fourth-order valence-corrected chi connectivity index (χ4v) is 3.29. The van der Waals surface area contributed by atoms with Gasteiger partial charge in [-0.15, -0.1) is 0 Å². The van der Waals surface area contributed by atoms with Gasteiger partial charge in [-0.2, -0.15) is 0 Å². The Morgan fingerprint density at radius 2 is 1.88 bits per heavy atom. The van der Waals surface area contributed by atoms with Crippen molar-refractivity contribution >= 4 is 11.8 Å². The van der Waals surface area contributed by atoms with Crippen LogP contribution in [-0.4, -0.2) is 79.6 Å². The number of aliphatic imine (C=N–C) groups is 1. The summed E-state index contributed by atoms with van der Waals surface area (Å²) in [5, 5.41) is 3.46. The van der Waals surface area contributed by atoms with Crippen molar-refractivity contribution in [2.45, 2.75) is 33.6 Å². The van der Waals surface area contributed by atoms with Gasteiger partial charge < -0.3 is 20.0 Å². The van der Waals surface area contributed by atoms with Gasteiger partial charge in [0.25, 0.3) is 0 Å². The average Bonchev–Trinajstić information content (AvgIpc) is 2.71. The second-order valence-corrected chi connectivity index (χ2v) is 6.63. The highest BCUT2D eigenvalue weighted by molar-refractivity contribution is 5.80. The molecule has 6 nitrogen and oxygen atoms in total. The lowest BCUT2D eigenvalue weighted by molar-refractivity contribution is 0.297. The summed E-state index contributed by atoms with van der Waals surface area (Å²) in [7, 11) is 0. The van der Waals surface area contributed by atoms with Crippen molar-refractivity contribution in [2.75, 3.05) is 63.8 Å². The fraction of sp³-hybridized carbons (Fsp3) is 0.700.